The summed E-state index contributed by atoms with van der Waals surface area (Å²) in [6.45, 7) is 5.61. The molecule has 1 aromatic rings. The molecule has 2 aliphatic rings. The third-order valence-corrected chi connectivity index (χ3v) is 4.79. The molecule has 1 aromatic heterocycles. The van der Waals surface area contributed by atoms with Crippen LogP contribution in [0.4, 0.5) is 0 Å². The Morgan fingerprint density at radius 1 is 1.47 bits per heavy atom. The first kappa shape index (κ1) is 13.1. The van der Waals surface area contributed by atoms with Gasteiger partial charge in [-0.2, -0.15) is 4.98 Å². The molecule has 2 fully saturated rings. The molecular formula is C14H24N4O. The summed E-state index contributed by atoms with van der Waals surface area (Å²) in [5, 5.41) is 7.50. The van der Waals surface area contributed by atoms with Crippen molar-refractivity contribution in [2.45, 2.75) is 57.0 Å². The van der Waals surface area contributed by atoms with Crippen LogP contribution in [-0.2, 0) is 6.42 Å². The fourth-order valence-electron chi connectivity index (χ4n) is 3.63. The van der Waals surface area contributed by atoms with Gasteiger partial charge in [0.25, 0.3) is 0 Å². The monoisotopic (exact) mass is 264 g/mol. The normalized spacial score (nSPS) is 27.1. The molecular weight excluding hydrogens is 240 g/mol. The van der Waals surface area contributed by atoms with E-state index in [1.165, 1.54) is 45.0 Å². The van der Waals surface area contributed by atoms with Gasteiger partial charge in [-0.1, -0.05) is 24.9 Å². The molecule has 2 heterocycles. The summed E-state index contributed by atoms with van der Waals surface area (Å²) in [4.78, 5) is 6.75. The zero-order valence-corrected chi connectivity index (χ0v) is 11.8. The van der Waals surface area contributed by atoms with Crippen molar-refractivity contribution in [3.8, 4) is 0 Å². The van der Waals surface area contributed by atoms with Gasteiger partial charge in [0.1, 0.15) is 0 Å². The van der Waals surface area contributed by atoms with Crippen LogP contribution in [0.5, 0.6) is 0 Å². The zero-order chi connectivity index (χ0) is 13.1. The highest BCUT2D eigenvalue weighted by Crippen LogP contribution is 2.33. The van der Waals surface area contributed by atoms with Gasteiger partial charge in [0, 0.05) is 37.6 Å². The summed E-state index contributed by atoms with van der Waals surface area (Å²) in [5.74, 6) is 0.758. The van der Waals surface area contributed by atoms with E-state index in [-0.39, 0.29) is 0 Å². The van der Waals surface area contributed by atoms with Crippen molar-refractivity contribution in [3.63, 3.8) is 0 Å². The van der Waals surface area contributed by atoms with E-state index >= 15 is 0 Å². The van der Waals surface area contributed by atoms with Gasteiger partial charge in [-0.05, 0) is 19.3 Å². The van der Waals surface area contributed by atoms with Crippen LogP contribution in [0.2, 0.25) is 0 Å². The zero-order valence-electron chi connectivity index (χ0n) is 11.8. The van der Waals surface area contributed by atoms with Crippen LogP contribution in [0.25, 0.3) is 0 Å². The number of nitrogens with zero attached hydrogens (tertiary/aromatic N) is 3. The van der Waals surface area contributed by atoms with Crippen molar-refractivity contribution in [2.75, 3.05) is 19.6 Å². The SMILES string of the molecule is CCC1CNC2(CCCC2)CN1CCc1ncno1. The van der Waals surface area contributed by atoms with Gasteiger partial charge < -0.3 is 9.84 Å². The number of hydrogen-bond acceptors (Lipinski definition) is 5. The largest absolute Gasteiger partial charge is 0.340 e. The lowest BCUT2D eigenvalue weighted by Crippen LogP contribution is -2.63. The van der Waals surface area contributed by atoms with Gasteiger partial charge in [0.15, 0.2) is 6.33 Å². The first-order valence-corrected chi connectivity index (χ1v) is 7.56. The van der Waals surface area contributed by atoms with E-state index in [9.17, 15) is 0 Å². The Labute approximate surface area is 114 Å². The minimum absolute atomic E-state index is 0.389. The summed E-state index contributed by atoms with van der Waals surface area (Å²) < 4.78 is 5.11. The first-order valence-electron chi connectivity index (χ1n) is 7.56. The molecule has 0 amide bonds. The van der Waals surface area contributed by atoms with Crippen LogP contribution in [0.15, 0.2) is 10.9 Å². The number of aromatic nitrogens is 2. The van der Waals surface area contributed by atoms with Crippen molar-refractivity contribution in [3.05, 3.63) is 12.2 Å². The Kier molecular flexibility index (Phi) is 3.84. The molecule has 1 N–H and O–H groups in total. The fourth-order valence-corrected chi connectivity index (χ4v) is 3.63. The van der Waals surface area contributed by atoms with Crippen molar-refractivity contribution >= 4 is 0 Å². The maximum Gasteiger partial charge on any atom is 0.227 e. The van der Waals surface area contributed by atoms with E-state index in [0.29, 0.717) is 11.6 Å². The molecule has 0 bridgehead atoms. The minimum Gasteiger partial charge on any atom is -0.340 e. The standard InChI is InChI=1S/C14H24N4O/c1-2-12-9-16-14(6-3-4-7-14)10-18(12)8-5-13-15-11-17-19-13/h11-12,16H,2-10H2,1H3. The van der Waals surface area contributed by atoms with Crippen molar-refractivity contribution in [1.82, 2.24) is 20.4 Å². The molecule has 19 heavy (non-hydrogen) atoms. The smallest absolute Gasteiger partial charge is 0.227 e. The lowest BCUT2D eigenvalue weighted by molar-refractivity contribution is 0.0774. The van der Waals surface area contributed by atoms with Gasteiger partial charge in [-0.3, -0.25) is 4.90 Å². The fraction of sp³-hybridized carbons (Fsp3) is 0.857. The molecule has 1 atom stereocenters. The Balaban J connectivity index is 1.62. The van der Waals surface area contributed by atoms with Gasteiger partial charge in [0.05, 0.1) is 0 Å². The van der Waals surface area contributed by atoms with E-state index in [0.717, 1.165) is 25.4 Å². The highest BCUT2D eigenvalue weighted by Gasteiger charge is 2.40. The molecule has 1 aliphatic carbocycles. The summed E-state index contributed by atoms with van der Waals surface area (Å²) in [5.41, 5.74) is 0.389. The Bertz CT molecular complexity index is 386. The topological polar surface area (TPSA) is 54.2 Å². The predicted molar refractivity (Wildman–Crippen MR) is 72.9 cm³/mol. The van der Waals surface area contributed by atoms with Crippen LogP contribution in [0.1, 0.15) is 44.9 Å². The van der Waals surface area contributed by atoms with Crippen LogP contribution in [-0.4, -0.2) is 46.3 Å². The van der Waals surface area contributed by atoms with Gasteiger partial charge in [0.2, 0.25) is 5.89 Å². The molecule has 1 unspecified atom stereocenters. The van der Waals surface area contributed by atoms with Gasteiger partial charge >= 0.3 is 0 Å². The third-order valence-electron chi connectivity index (χ3n) is 4.79. The Hall–Kier alpha value is -0.940. The molecule has 0 aromatic carbocycles. The van der Waals surface area contributed by atoms with Crippen LogP contribution < -0.4 is 5.32 Å². The molecule has 1 aliphatic heterocycles. The molecule has 5 nitrogen and oxygen atoms in total. The number of hydrogen-bond donors (Lipinski definition) is 1. The summed E-state index contributed by atoms with van der Waals surface area (Å²) >= 11 is 0. The lowest BCUT2D eigenvalue weighted by atomic mass is 9.91. The van der Waals surface area contributed by atoms with Crippen LogP contribution in [0.3, 0.4) is 0 Å². The Morgan fingerprint density at radius 3 is 3.00 bits per heavy atom. The van der Waals surface area contributed by atoms with E-state index in [4.69, 9.17) is 4.52 Å². The maximum absolute atomic E-state index is 5.11. The highest BCUT2D eigenvalue weighted by molar-refractivity contribution is 5.01. The van der Waals surface area contributed by atoms with Crippen molar-refractivity contribution < 1.29 is 4.52 Å². The second-order valence-electron chi connectivity index (χ2n) is 5.99. The predicted octanol–water partition coefficient (Wildman–Crippen LogP) is 1.61. The molecule has 1 saturated heterocycles. The molecule has 5 heteroatoms. The average molecular weight is 264 g/mol. The number of nitrogens with one attached hydrogen (secondary N) is 1. The first-order chi connectivity index (χ1) is 9.31. The van der Waals surface area contributed by atoms with Crippen LogP contribution >= 0.6 is 0 Å². The quantitative estimate of drug-likeness (QED) is 0.895. The number of piperazine rings is 1. The van der Waals surface area contributed by atoms with Crippen LogP contribution in [0, 0.1) is 0 Å². The number of rotatable bonds is 4. The van der Waals surface area contributed by atoms with E-state index in [2.05, 4.69) is 27.3 Å². The Morgan fingerprint density at radius 2 is 2.32 bits per heavy atom. The summed E-state index contributed by atoms with van der Waals surface area (Å²) in [6.07, 6.45) is 8.98. The van der Waals surface area contributed by atoms with Crippen molar-refractivity contribution in [1.29, 1.82) is 0 Å². The molecule has 1 saturated carbocycles. The highest BCUT2D eigenvalue weighted by atomic mass is 16.5. The van der Waals surface area contributed by atoms with Crippen molar-refractivity contribution in [2.24, 2.45) is 0 Å². The molecule has 106 valence electrons. The second kappa shape index (κ2) is 5.59. The van der Waals surface area contributed by atoms with Gasteiger partial charge in [-0.15, -0.1) is 0 Å². The van der Waals surface area contributed by atoms with E-state index in [1.54, 1.807) is 0 Å². The molecule has 1 spiro atoms. The second-order valence-corrected chi connectivity index (χ2v) is 5.99. The minimum atomic E-state index is 0.389. The molecule has 3 rings (SSSR count). The van der Waals surface area contributed by atoms with Gasteiger partial charge in [-0.25, -0.2) is 0 Å². The molecule has 0 radical (unpaired) electrons. The maximum atomic E-state index is 5.11. The average Bonchev–Trinajstić information content (AvgIpc) is 3.09. The lowest BCUT2D eigenvalue weighted by Gasteiger charge is -2.46. The van der Waals surface area contributed by atoms with E-state index < -0.39 is 0 Å². The summed E-state index contributed by atoms with van der Waals surface area (Å²) in [6, 6.07) is 0.647. The third kappa shape index (κ3) is 2.82. The van der Waals surface area contributed by atoms with E-state index in [1.807, 2.05) is 0 Å². The summed E-state index contributed by atoms with van der Waals surface area (Å²) in [7, 11) is 0.